The number of hydrogen-bond acceptors (Lipinski definition) is 1. The Morgan fingerprint density at radius 2 is 1.80 bits per heavy atom. The SMILES string of the molecule is C=C(CC(/C=C\Cc1ccccc1)=C/C)N(C)Cc1cccc(F)c1. The minimum absolute atomic E-state index is 0.200. The lowest BCUT2D eigenvalue weighted by atomic mass is 10.1. The molecule has 0 fully saturated rings. The number of benzene rings is 2. The Morgan fingerprint density at radius 3 is 2.48 bits per heavy atom. The van der Waals surface area contributed by atoms with Gasteiger partial charge in [-0.1, -0.05) is 67.3 Å². The van der Waals surface area contributed by atoms with Gasteiger partial charge < -0.3 is 4.90 Å². The maximum Gasteiger partial charge on any atom is 0.123 e. The van der Waals surface area contributed by atoms with Gasteiger partial charge >= 0.3 is 0 Å². The maximum absolute atomic E-state index is 13.3. The van der Waals surface area contributed by atoms with Crippen LogP contribution in [-0.2, 0) is 13.0 Å². The third-order valence-electron chi connectivity index (χ3n) is 4.16. The Hall–Kier alpha value is -2.61. The van der Waals surface area contributed by atoms with Crippen molar-refractivity contribution in [3.05, 3.63) is 108 Å². The molecule has 130 valence electrons. The van der Waals surface area contributed by atoms with Crippen LogP contribution in [0.1, 0.15) is 24.5 Å². The van der Waals surface area contributed by atoms with Gasteiger partial charge in [-0.15, -0.1) is 0 Å². The van der Waals surface area contributed by atoms with E-state index in [4.69, 9.17) is 0 Å². The topological polar surface area (TPSA) is 3.24 Å². The van der Waals surface area contributed by atoms with Gasteiger partial charge in [-0.05, 0) is 42.2 Å². The van der Waals surface area contributed by atoms with Crippen molar-refractivity contribution in [1.29, 1.82) is 0 Å². The van der Waals surface area contributed by atoms with E-state index in [1.54, 1.807) is 12.1 Å². The Bertz CT molecular complexity index is 744. The minimum atomic E-state index is -0.200. The summed E-state index contributed by atoms with van der Waals surface area (Å²) in [6.07, 6.45) is 8.17. The van der Waals surface area contributed by atoms with Crippen molar-refractivity contribution in [3.8, 4) is 0 Å². The van der Waals surface area contributed by atoms with Crippen LogP contribution >= 0.6 is 0 Å². The standard InChI is InChI=1S/C23H26FN/c1-4-20(12-8-13-21-10-6-5-7-11-21)16-19(2)25(3)18-22-14-9-15-23(24)17-22/h4-12,14-15,17H,2,13,16,18H2,1,3H3/b12-8-,20-4+. The van der Waals surface area contributed by atoms with Crippen LogP contribution in [0.2, 0.25) is 0 Å². The van der Waals surface area contributed by atoms with Crippen LogP contribution in [0.5, 0.6) is 0 Å². The van der Waals surface area contributed by atoms with Crippen molar-refractivity contribution >= 4 is 0 Å². The largest absolute Gasteiger partial charge is 0.374 e. The Labute approximate surface area is 150 Å². The van der Waals surface area contributed by atoms with Crippen LogP contribution in [0.25, 0.3) is 0 Å². The molecule has 0 heterocycles. The molecule has 0 saturated heterocycles. The van der Waals surface area contributed by atoms with Crippen LogP contribution in [-0.4, -0.2) is 11.9 Å². The first-order valence-electron chi connectivity index (χ1n) is 8.57. The Kier molecular flexibility index (Phi) is 7.21. The second-order valence-electron chi connectivity index (χ2n) is 6.18. The highest BCUT2D eigenvalue weighted by molar-refractivity contribution is 5.26. The predicted octanol–water partition coefficient (Wildman–Crippen LogP) is 5.91. The van der Waals surface area contributed by atoms with Gasteiger partial charge in [0.1, 0.15) is 5.82 Å². The van der Waals surface area contributed by atoms with E-state index in [-0.39, 0.29) is 5.82 Å². The summed E-state index contributed by atoms with van der Waals surface area (Å²) in [5.41, 5.74) is 4.50. The molecule has 2 aromatic carbocycles. The number of halogens is 1. The van der Waals surface area contributed by atoms with E-state index in [9.17, 15) is 4.39 Å². The summed E-state index contributed by atoms with van der Waals surface area (Å²) in [6, 6.07) is 17.1. The van der Waals surface area contributed by atoms with Crippen molar-refractivity contribution in [2.75, 3.05) is 7.05 Å². The number of hydrogen-bond donors (Lipinski definition) is 0. The van der Waals surface area contributed by atoms with Gasteiger partial charge in [-0.25, -0.2) is 4.39 Å². The molecule has 0 spiro atoms. The normalized spacial score (nSPS) is 11.7. The fraction of sp³-hybridized carbons (Fsp3) is 0.217. The van der Waals surface area contributed by atoms with Crippen molar-refractivity contribution in [2.45, 2.75) is 26.3 Å². The summed E-state index contributed by atoms with van der Waals surface area (Å²) in [5, 5.41) is 0. The smallest absolute Gasteiger partial charge is 0.123 e. The molecule has 0 saturated carbocycles. The van der Waals surface area contributed by atoms with Crippen LogP contribution in [0.15, 0.2) is 90.7 Å². The summed E-state index contributed by atoms with van der Waals surface area (Å²) in [4.78, 5) is 2.07. The van der Waals surface area contributed by atoms with E-state index >= 15 is 0 Å². The molecule has 25 heavy (non-hydrogen) atoms. The van der Waals surface area contributed by atoms with Gasteiger partial charge in [0, 0.05) is 25.7 Å². The average molecular weight is 335 g/mol. The molecule has 0 aliphatic rings. The number of rotatable bonds is 8. The first kappa shape index (κ1) is 18.7. The van der Waals surface area contributed by atoms with Gasteiger partial charge in [0.2, 0.25) is 0 Å². The third-order valence-corrected chi connectivity index (χ3v) is 4.16. The molecule has 2 heteroatoms. The van der Waals surface area contributed by atoms with Crippen LogP contribution in [0.4, 0.5) is 4.39 Å². The van der Waals surface area contributed by atoms with E-state index in [1.807, 2.05) is 26.1 Å². The molecular formula is C23H26FN. The Morgan fingerprint density at radius 1 is 1.08 bits per heavy atom. The highest BCUT2D eigenvalue weighted by Crippen LogP contribution is 2.17. The van der Waals surface area contributed by atoms with Crippen molar-refractivity contribution in [2.24, 2.45) is 0 Å². The molecule has 0 aliphatic heterocycles. The fourth-order valence-corrected chi connectivity index (χ4v) is 2.61. The summed E-state index contributed by atoms with van der Waals surface area (Å²) in [5.74, 6) is -0.200. The zero-order chi connectivity index (χ0) is 18.1. The lowest BCUT2D eigenvalue weighted by Crippen LogP contribution is -2.16. The lowest BCUT2D eigenvalue weighted by Gasteiger charge is -2.22. The summed E-state index contributed by atoms with van der Waals surface area (Å²) in [6.45, 7) is 6.88. The second kappa shape index (κ2) is 9.63. The van der Waals surface area contributed by atoms with Crippen molar-refractivity contribution in [1.82, 2.24) is 4.90 Å². The fourth-order valence-electron chi connectivity index (χ4n) is 2.61. The van der Waals surface area contributed by atoms with Gasteiger partial charge in [0.15, 0.2) is 0 Å². The molecule has 0 atom stereocenters. The third kappa shape index (κ3) is 6.42. The van der Waals surface area contributed by atoms with E-state index < -0.39 is 0 Å². The first-order valence-corrected chi connectivity index (χ1v) is 8.57. The molecule has 0 N–H and O–H groups in total. The number of allylic oxidation sites excluding steroid dienone is 4. The highest BCUT2D eigenvalue weighted by Gasteiger charge is 2.05. The first-order chi connectivity index (χ1) is 12.1. The van der Waals surface area contributed by atoms with Gasteiger partial charge in [-0.3, -0.25) is 0 Å². The van der Waals surface area contributed by atoms with Gasteiger partial charge in [0.05, 0.1) is 0 Å². The summed E-state index contributed by atoms with van der Waals surface area (Å²) < 4.78 is 13.3. The average Bonchev–Trinajstić information content (AvgIpc) is 2.61. The molecule has 0 amide bonds. The van der Waals surface area contributed by atoms with Crippen molar-refractivity contribution in [3.63, 3.8) is 0 Å². The maximum atomic E-state index is 13.3. The molecule has 0 bridgehead atoms. The molecule has 2 aromatic rings. The molecule has 0 aromatic heterocycles. The lowest BCUT2D eigenvalue weighted by molar-refractivity contribution is 0.403. The number of nitrogens with zero attached hydrogens (tertiary/aromatic N) is 1. The Balaban J connectivity index is 1.88. The van der Waals surface area contributed by atoms with Gasteiger partial charge in [-0.2, -0.15) is 0 Å². The second-order valence-corrected chi connectivity index (χ2v) is 6.18. The molecular weight excluding hydrogens is 309 g/mol. The highest BCUT2D eigenvalue weighted by atomic mass is 19.1. The summed E-state index contributed by atoms with van der Waals surface area (Å²) >= 11 is 0. The van der Waals surface area contributed by atoms with Gasteiger partial charge in [0.25, 0.3) is 0 Å². The molecule has 2 rings (SSSR count). The van der Waals surface area contributed by atoms with E-state index in [2.05, 4.69) is 54.0 Å². The summed E-state index contributed by atoms with van der Waals surface area (Å²) in [7, 11) is 1.99. The van der Waals surface area contributed by atoms with Crippen LogP contribution in [0.3, 0.4) is 0 Å². The van der Waals surface area contributed by atoms with Crippen LogP contribution < -0.4 is 0 Å². The van der Waals surface area contributed by atoms with E-state index in [0.29, 0.717) is 6.54 Å². The zero-order valence-corrected chi connectivity index (χ0v) is 15.1. The predicted molar refractivity (Wildman–Crippen MR) is 105 cm³/mol. The minimum Gasteiger partial charge on any atom is -0.374 e. The van der Waals surface area contributed by atoms with Crippen molar-refractivity contribution < 1.29 is 4.39 Å². The molecule has 0 aliphatic carbocycles. The monoisotopic (exact) mass is 335 g/mol. The molecule has 0 radical (unpaired) electrons. The quantitative estimate of drug-likeness (QED) is 0.542. The van der Waals surface area contributed by atoms with E-state index in [1.165, 1.54) is 17.2 Å². The zero-order valence-electron chi connectivity index (χ0n) is 15.1. The van der Waals surface area contributed by atoms with Crippen LogP contribution in [0, 0.1) is 5.82 Å². The molecule has 1 nitrogen and oxygen atoms in total. The van der Waals surface area contributed by atoms with E-state index in [0.717, 1.165) is 24.1 Å². The molecule has 0 unspecified atom stereocenters.